The highest BCUT2D eigenvalue weighted by Gasteiger charge is 2.25. The molecule has 0 unspecified atom stereocenters. The van der Waals surface area contributed by atoms with E-state index >= 15 is 0 Å². The third-order valence-corrected chi connectivity index (χ3v) is 6.06. The van der Waals surface area contributed by atoms with Gasteiger partial charge in [-0.15, -0.1) is 0 Å². The van der Waals surface area contributed by atoms with Crippen molar-refractivity contribution >= 4 is 32.7 Å². The van der Waals surface area contributed by atoms with E-state index in [0.29, 0.717) is 22.3 Å². The van der Waals surface area contributed by atoms with Crippen molar-refractivity contribution in [3.8, 4) is 17.2 Å². The fourth-order valence-corrected chi connectivity index (χ4v) is 4.30. The Morgan fingerprint density at radius 3 is 2.56 bits per heavy atom. The molecule has 2 heterocycles. The van der Waals surface area contributed by atoms with Gasteiger partial charge in [-0.05, 0) is 41.5 Å². The Morgan fingerprint density at radius 2 is 1.76 bits per heavy atom. The number of hydrogen-bond donors (Lipinski definition) is 0. The summed E-state index contributed by atoms with van der Waals surface area (Å²) in [6.45, 7) is 0.483. The molecule has 0 radical (unpaired) electrons. The summed E-state index contributed by atoms with van der Waals surface area (Å²) in [6.07, 6.45) is 0. The standard InChI is InChI=1S/C26H20BrNO6/c1-31-26(30)23-24(32-14-16-5-3-2-4-6-16)20-12-18(27)8-9-19(20)25(29)28(23)13-17-7-10-21-22(11-17)34-15-33-21/h2-12H,13-15H2,1H3. The number of carbonyl (C=O) groups excluding carboxylic acids is 1. The summed E-state index contributed by atoms with van der Waals surface area (Å²) in [4.78, 5) is 26.6. The molecule has 1 aliphatic rings. The number of pyridine rings is 1. The summed E-state index contributed by atoms with van der Waals surface area (Å²) in [5, 5.41) is 0.956. The molecule has 0 saturated carbocycles. The lowest BCUT2D eigenvalue weighted by molar-refractivity contribution is 0.0581. The number of fused-ring (bicyclic) bond motifs is 2. The second-order valence-electron chi connectivity index (χ2n) is 7.71. The third-order valence-electron chi connectivity index (χ3n) is 5.57. The van der Waals surface area contributed by atoms with Gasteiger partial charge in [-0.1, -0.05) is 52.3 Å². The van der Waals surface area contributed by atoms with E-state index in [2.05, 4.69) is 15.9 Å². The lowest BCUT2D eigenvalue weighted by atomic mass is 10.1. The number of hydrogen-bond acceptors (Lipinski definition) is 6. The molecule has 0 N–H and O–H groups in total. The highest BCUT2D eigenvalue weighted by molar-refractivity contribution is 9.10. The molecule has 0 atom stereocenters. The van der Waals surface area contributed by atoms with E-state index in [9.17, 15) is 9.59 Å². The van der Waals surface area contributed by atoms with Crippen molar-refractivity contribution in [1.29, 1.82) is 0 Å². The zero-order valence-electron chi connectivity index (χ0n) is 18.2. The number of carbonyl (C=O) groups is 1. The molecule has 0 fully saturated rings. The maximum atomic E-state index is 13.6. The number of halogens is 1. The van der Waals surface area contributed by atoms with Crippen LogP contribution in [-0.2, 0) is 17.9 Å². The predicted molar refractivity (Wildman–Crippen MR) is 130 cm³/mol. The Labute approximate surface area is 203 Å². The molecule has 5 rings (SSSR count). The smallest absolute Gasteiger partial charge is 0.358 e. The highest BCUT2D eigenvalue weighted by Crippen LogP contribution is 2.34. The van der Waals surface area contributed by atoms with Gasteiger partial charge in [0, 0.05) is 9.86 Å². The van der Waals surface area contributed by atoms with Crippen LogP contribution in [0.4, 0.5) is 0 Å². The van der Waals surface area contributed by atoms with Crippen molar-refractivity contribution in [1.82, 2.24) is 4.57 Å². The van der Waals surface area contributed by atoms with Gasteiger partial charge in [-0.2, -0.15) is 0 Å². The SMILES string of the molecule is COC(=O)c1c(OCc2ccccc2)c2cc(Br)ccc2c(=O)n1Cc1ccc2c(c1)OCO2. The molecule has 0 saturated heterocycles. The number of esters is 1. The number of ether oxygens (including phenoxy) is 4. The number of methoxy groups -OCH3 is 1. The lowest BCUT2D eigenvalue weighted by Gasteiger charge is -2.19. The van der Waals surface area contributed by atoms with Crippen molar-refractivity contribution in [3.63, 3.8) is 0 Å². The number of nitrogens with zero attached hydrogens (tertiary/aromatic N) is 1. The van der Waals surface area contributed by atoms with Crippen LogP contribution in [0.2, 0.25) is 0 Å². The fraction of sp³-hybridized carbons (Fsp3) is 0.154. The summed E-state index contributed by atoms with van der Waals surface area (Å²) in [7, 11) is 1.28. The quantitative estimate of drug-likeness (QED) is 0.335. The molecular weight excluding hydrogens is 502 g/mol. The van der Waals surface area contributed by atoms with Gasteiger partial charge in [0.15, 0.2) is 22.9 Å². The summed E-state index contributed by atoms with van der Waals surface area (Å²) >= 11 is 3.46. The summed E-state index contributed by atoms with van der Waals surface area (Å²) in [6, 6.07) is 20.3. The largest absolute Gasteiger partial charge is 0.486 e. The van der Waals surface area contributed by atoms with Crippen LogP contribution in [0.25, 0.3) is 10.8 Å². The Kier molecular flexibility index (Phi) is 5.98. The van der Waals surface area contributed by atoms with Crippen LogP contribution in [-0.4, -0.2) is 24.4 Å². The van der Waals surface area contributed by atoms with Gasteiger partial charge < -0.3 is 18.9 Å². The Bertz CT molecular complexity index is 1450. The normalized spacial score (nSPS) is 12.1. The van der Waals surface area contributed by atoms with Gasteiger partial charge in [0.25, 0.3) is 5.56 Å². The molecule has 7 nitrogen and oxygen atoms in total. The molecule has 0 bridgehead atoms. The van der Waals surface area contributed by atoms with Crippen LogP contribution >= 0.6 is 15.9 Å². The Hall–Kier alpha value is -3.78. The van der Waals surface area contributed by atoms with Crippen molar-refractivity contribution in [3.05, 3.63) is 98.4 Å². The Balaban J connectivity index is 1.68. The Morgan fingerprint density at radius 1 is 0.971 bits per heavy atom. The van der Waals surface area contributed by atoms with Crippen LogP contribution in [0.1, 0.15) is 21.6 Å². The van der Waals surface area contributed by atoms with E-state index in [0.717, 1.165) is 15.6 Å². The van der Waals surface area contributed by atoms with Gasteiger partial charge in [-0.3, -0.25) is 9.36 Å². The van der Waals surface area contributed by atoms with E-state index < -0.39 is 5.97 Å². The van der Waals surface area contributed by atoms with E-state index in [1.807, 2.05) is 36.4 Å². The van der Waals surface area contributed by atoms with Crippen molar-refractivity contribution in [2.24, 2.45) is 0 Å². The van der Waals surface area contributed by atoms with Crippen LogP contribution < -0.4 is 19.8 Å². The first-order valence-electron chi connectivity index (χ1n) is 10.5. The van der Waals surface area contributed by atoms with E-state index in [4.69, 9.17) is 18.9 Å². The van der Waals surface area contributed by atoms with Crippen LogP contribution in [0, 0.1) is 0 Å². The predicted octanol–water partition coefficient (Wildman–Crippen LogP) is 4.91. The topological polar surface area (TPSA) is 76.0 Å². The number of benzene rings is 3. The first kappa shape index (κ1) is 22.0. The van der Waals surface area contributed by atoms with Gasteiger partial charge in [0.05, 0.1) is 19.0 Å². The van der Waals surface area contributed by atoms with Crippen LogP contribution in [0.3, 0.4) is 0 Å². The average molecular weight is 522 g/mol. The van der Waals surface area contributed by atoms with E-state index in [-0.39, 0.29) is 36.9 Å². The molecular formula is C26H20BrNO6. The molecule has 0 amide bonds. The highest BCUT2D eigenvalue weighted by atomic mass is 79.9. The summed E-state index contributed by atoms with van der Waals surface area (Å²) < 4.78 is 24.3. The molecule has 1 aliphatic heterocycles. The number of aromatic nitrogens is 1. The van der Waals surface area contributed by atoms with Crippen molar-refractivity contribution < 1.29 is 23.7 Å². The van der Waals surface area contributed by atoms with Crippen molar-refractivity contribution in [2.75, 3.05) is 13.9 Å². The monoisotopic (exact) mass is 521 g/mol. The molecule has 0 aliphatic carbocycles. The average Bonchev–Trinajstić information content (AvgIpc) is 3.33. The molecule has 1 aromatic heterocycles. The minimum atomic E-state index is -0.664. The fourth-order valence-electron chi connectivity index (χ4n) is 3.94. The maximum absolute atomic E-state index is 13.6. The maximum Gasteiger partial charge on any atom is 0.358 e. The van der Waals surface area contributed by atoms with Crippen LogP contribution in [0.5, 0.6) is 17.2 Å². The molecule has 4 aromatic rings. The lowest BCUT2D eigenvalue weighted by Crippen LogP contribution is -2.28. The first-order valence-corrected chi connectivity index (χ1v) is 11.3. The minimum absolute atomic E-state index is 0.0479. The van der Waals surface area contributed by atoms with Gasteiger partial charge in [0.1, 0.15) is 6.61 Å². The molecule has 34 heavy (non-hydrogen) atoms. The molecule has 172 valence electrons. The van der Waals surface area contributed by atoms with Gasteiger partial charge >= 0.3 is 5.97 Å². The van der Waals surface area contributed by atoms with E-state index in [1.165, 1.54) is 11.7 Å². The van der Waals surface area contributed by atoms with E-state index in [1.54, 1.807) is 30.3 Å². The zero-order chi connectivity index (χ0) is 23.7. The second kappa shape index (κ2) is 9.23. The molecule has 8 heteroatoms. The minimum Gasteiger partial charge on any atom is -0.486 e. The molecule has 0 spiro atoms. The first-order chi connectivity index (χ1) is 16.5. The zero-order valence-corrected chi connectivity index (χ0v) is 19.8. The van der Waals surface area contributed by atoms with Gasteiger partial charge in [-0.25, -0.2) is 4.79 Å². The van der Waals surface area contributed by atoms with Crippen LogP contribution in [0.15, 0.2) is 76.0 Å². The van der Waals surface area contributed by atoms with Crippen molar-refractivity contribution in [2.45, 2.75) is 13.2 Å². The number of rotatable bonds is 6. The third kappa shape index (κ3) is 4.12. The molecule has 3 aromatic carbocycles. The van der Waals surface area contributed by atoms with Gasteiger partial charge in [0.2, 0.25) is 6.79 Å². The summed E-state index contributed by atoms with van der Waals surface area (Å²) in [5.74, 6) is 0.852. The summed E-state index contributed by atoms with van der Waals surface area (Å²) in [5.41, 5.74) is 1.41. The second-order valence-corrected chi connectivity index (χ2v) is 8.63.